The van der Waals surface area contributed by atoms with E-state index in [-0.39, 0.29) is 5.91 Å². The van der Waals surface area contributed by atoms with E-state index in [4.69, 9.17) is 4.74 Å². The number of carbonyl (C=O) groups excluding carboxylic acids is 1. The third-order valence-electron chi connectivity index (χ3n) is 2.24. The lowest BCUT2D eigenvalue weighted by Gasteiger charge is -2.19. The molecule has 0 aliphatic carbocycles. The molecule has 15 heavy (non-hydrogen) atoms. The van der Waals surface area contributed by atoms with Crippen molar-refractivity contribution in [1.82, 2.24) is 15.5 Å². The van der Waals surface area contributed by atoms with Gasteiger partial charge in [-0.05, 0) is 21.0 Å². The van der Waals surface area contributed by atoms with Crippen LogP contribution in [0, 0.1) is 0 Å². The van der Waals surface area contributed by atoms with E-state index < -0.39 is 0 Å². The van der Waals surface area contributed by atoms with Gasteiger partial charge in [0.2, 0.25) is 5.91 Å². The maximum atomic E-state index is 11.3. The summed E-state index contributed by atoms with van der Waals surface area (Å²) in [5.74, 6) is 0.0276. The Bertz CT molecular complexity index is 174. The van der Waals surface area contributed by atoms with E-state index in [2.05, 4.69) is 22.5 Å². The summed E-state index contributed by atoms with van der Waals surface area (Å²) < 4.78 is 4.85. The third kappa shape index (κ3) is 8.35. The fourth-order valence-electron chi connectivity index (χ4n) is 0.883. The van der Waals surface area contributed by atoms with Gasteiger partial charge in [0.15, 0.2) is 0 Å². The first-order valence-electron chi connectivity index (χ1n) is 5.20. The average Bonchev–Trinajstić information content (AvgIpc) is 2.20. The van der Waals surface area contributed by atoms with Gasteiger partial charge in [0.1, 0.15) is 0 Å². The van der Waals surface area contributed by atoms with Gasteiger partial charge in [-0.25, -0.2) is 0 Å². The van der Waals surface area contributed by atoms with Crippen LogP contribution >= 0.6 is 0 Å². The van der Waals surface area contributed by atoms with Crippen LogP contribution in [0.4, 0.5) is 0 Å². The van der Waals surface area contributed by atoms with Crippen LogP contribution in [0.3, 0.4) is 0 Å². The Morgan fingerprint density at radius 3 is 2.67 bits per heavy atom. The molecular weight excluding hydrogens is 194 g/mol. The van der Waals surface area contributed by atoms with Crippen LogP contribution < -0.4 is 10.6 Å². The molecule has 1 unspecified atom stereocenters. The lowest BCUT2D eigenvalue weighted by atomic mass is 10.3. The van der Waals surface area contributed by atoms with Gasteiger partial charge in [0.05, 0.1) is 13.2 Å². The molecular formula is C10H23N3O2. The molecule has 90 valence electrons. The molecule has 0 saturated carbocycles. The molecule has 0 aromatic heterocycles. The van der Waals surface area contributed by atoms with E-state index in [1.54, 1.807) is 7.11 Å². The van der Waals surface area contributed by atoms with Crippen molar-refractivity contribution in [3.05, 3.63) is 0 Å². The van der Waals surface area contributed by atoms with E-state index in [9.17, 15) is 4.79 Å². The number of methoxy groups -OCH3 is 1. The maximum absolute atomic E-state index is 11.3. The monoisotopic (exact) mass is 217 g/mol. The van der Waals surface area contributed by atoms with Crippen molar-refractivity contribution < 1.29 is 9.53 Å². The summed E-state index contributed by atoms with van der Waals surface area (Å²) >= 11 is 0. The Labute approximate surface area is 92.2 Å². The van der Waals surface area contributed by atoms with E-state index >= 15 is 0 Å². The summed E-state index contributed by atoms with van der Waals surface area (Å²) in [7, 11) is 5.63. The number of carbonyl (C=O) groups is 1. The number of likely N-dealkylation sites (N-methyl/N-ethyl adjacent to an activating group) is 1. The molecule has 0 aliphatic heterocycles. The first-order valence-corrected chi connectivity index (χ1v) is 5.20. The fraction of sp³-hybridized carbons (Fsp3) is 0.900. The lowest BCUT2D eigenvalue weighted by molar-refractivity contribution is -0.120. The summed E-state index contributed by atoms with van der Waals surface area (Å²) in [5, 5.41) is 5.85. The smallest absolute Gasteiger partial charge is 0.234 e. The highest BCUT2D eigenvalue weighted by Gasteiger charge is 2.06. The summed E-state index contributed by atoms with van der Waals surface area (Å²) in [4.78, 5) is 13.4. The van der Waals surface area contributed by atoms with Crippen molar-refractivity contribution in [2.75, 3.05) is 47.4 Å². The molecule has 0 spiro atoms. The van der Waals surface area contributed by atoms with Crippen molar-refractivity contribution >= 4 is 5.91 Å². The molecule has 0 heterocycles. The molecule has 0 bridgehead atoms. The zero-order valence-corrected chi connectivity index (χ0v) is 10.2. The molecule has 0 aromatic carbocycles. The predicted octanol–water partition coefficient (Wildman–Crippen LogP) is -0.711. The van der Waals surface area contributed by atoms with Crippen molar-refractivity contribution in [1.29, 1.82) is 0 Å². The second-order valence-corrected chi connectivity index (χ2v) is 3.79. The second kappa shape index (κ2) is 8.64. The normalized spacial score (nSPS) is 12.9. The minimum absolute atomic E-state index is 0.0276. The minimum Gasteiger partial charge on any atom is -0.383 e. The number of nitrogens with one attached hydrogen (secondary N) is 2. The number of hydrogen-bond acceptors (Lipinski definition) is 4. The van der Waals surface area contributed by atoms with E-state index in [1.165, 1.54) is 0 Å². The van der Waals surface area contributed by atoms with Crippen molar-refractivity contribution in [3.63, 3.8) is 0 Å². The highest BCUT2D eigenvalue weighted by Crippen LogP contribution is 1.87. The average molecular weight is 217 g/mol. The number of amides is 1. The standard InChI is InChI=1S/C10H23N3O2/c1-9(13(2)3)7-12-10(14)8-11-5-6-15-4/h9,11H,5-8H2,1-4H3,(H,12,14). The first-order chi connectivity index (χ1) is 7.07. The molecule has 0 fully saturated rings. The lowest BCUT2D eigenvalue weighted by Crippen LogP contribution is -2.42. The zero-order valence-electron chi connectivity index (χ0n) is 10.2. The summed E-state index contributed by atoms with van der Waals surface area (Å²) in [5.41, 5.74) is 0. The molecule has 2 N–H and O–H groups in total. The molecule has 1 atom stereocenters. The van der Waals surface area contributed by atoms with E-state index in [0.717, 1.165) is 0 Å². The van der Waals surface area contributed by atoms with Gasteiger partial charge < -0.3 is 20.3 Å². The Morgan fingerprint density at radius 1 is 1.47 bits per heavy atom. The van der Waals surface area contributed by atoms with Gasteiger partial charge in [0, 0.05) is 26.2 Å². The maximum Gasteiger partial charge on any atom is 0.234 e. The molecule has 0 saturated heterocycles. The third-order valence-corrected chi connectivity index (χ3v) is 2.24. The minimum atomic E-state index is 0.0276. The molecule has 5 heteroatoms. The van der Waals surface area contributed by atoms with E-state index in [1.807, 2.05) is 14.1 Å². The van der Waals surface area contributed by atoms with Crippen molar-refractivity contribution in [2.24, 2.45) is 0 Å². The van der Waals surface area contributed by atoms with Crippen LogP contribution in [0.2, 0.25) is 0 Å². The van der Waals surface area contributed by atoms with Crippen LogP contribution in [-0.2, 0) is 9.53 Å². The fourth-order valence-corrected chi connectivity index (χ4v) is 0.883. The largest absolute Gasteiger partial charge is 0.383 e. The highest BCUT2D eigenvalue weighted by atomic mass is 16.5. The first kappa shape index (κ1) is 14.3. The van der Waals surface area contributed by atoms with Gasteiger partial charge in [0.25, 0.3) is 0 Å². The van der Waals surface area contributed by atoms with Gasteiger partial charge in [-0.2, -0.15) is 0 Å². The number of nitrogens with zero attached hydrogens (tertiary/aromatic N) is 1. The van der Waals surface area contributed by atoms with Crippen molar-refractivity contribution in [3.8, 4) is 0 Å². The summed E-state index contributed by atoms with van der Waals surface area (Å²) in [6, 6.07) is 0.355. The Morgan fingerprint density at radius 2 is 2.13 bits per heavy atom. The van der Waals surface area contributed by atoms with Gasteiger partial charge in [-0.1, -0.05) is 0 Å². The van der Waals surface area contributed by atoms with E-state index in [0.29, 0.717) is 32.3 Å². The van der Waals surface area contributed by atoms with Gasteiger partial charge in [-0.3, -0.25) is 4.79 Å². The molecule has 0 rings (SSSR count). The second-order valence-electron chi connectivity index (χ2n) is 3.79. The number of rotatable bonds is 8. The van der Waals surface area contributed by atoms with Crippen LogP contribution in [0.5, 0.6) is 0 Å². The molecule has 1 amide bonds. The number of hydrogen-bond donors (Lipinski definition) is 2. The zero-order chi connectivity index (χ0) is 11.7. The summed E-state index contributed by atoms with van der Waals surface area (Å²) in [6.07, 6.45) is 0. The molecule has 0 radical (unpaired) electrons. The topological polar surface area (TPSA) is 53.6 Å². The SMILES string of the molecule is COCCNCC(=O)NCC(C)N(C)C. The van der Waals surface area contributed by atoms with Crippen LogP contribution in [0.15, 0.2) is 0 Å². The predicted molar refractivity (Wildman–Crippen MR) is 60.9 cm³/mol. The Balaban J connectivity index is 3.41. The van der Waals surface area contributed by atoms with Gasteiger partial charge >= 0.3 is 0 Å². The Hall–Kier alpha value is -0.650. The van der Waals surface area contributed by atoms with Gasteiger partial charge in [-0.15, -0.1) is 0 Å². The quantitative estimate of drug-likeness (QED) is 0.527. The van der Waals surface area contributed by atoms with Crippen molar-refractivity contribution in [2.45, 2.75) is 13.0 Å². The molecule has 5 nitrogen and oxygen atoms in total. The van der Waals surface area contributed by atoms with Crippen LogP contribution in [0.1, 0.15) is 6.92 Å². The number of ether oxygens (including phenoxy) is 1. The highest BCUT2D eigenvalue weighted by molar-refractivity contribution is 5.77. The van der Waals surface area contributed by atoms with Crippen LogP contribution in [-0.4, -0.2) is 64.3 Å². The molecule has 0 aromatic rings. The summed E-state index contributed by atoms with van der Waals surface area (Å²) in [6.45, 7) is 4.43. The molecule has 0 aliphatic rings. The Kier molecular flexibility index (Phi) is 8.27. The van der Waals surface area contributed by atoms with Crippen LogP contribution in [0.25, 0.3) is 0 Å².